The van der Waals surface area contributed by atoms with Crippen molar-refractivity contribution in [3.05, 3.63) is 51.3 Å². The highest BCUT2D eigenvalue weighted by atomic mass is 79.9. The molecule has 5 fully saturated rings. The summed E-state index contributed by atoms with van der Waals surface area (Å²) in [5.74, 6) is 2.38. The van der Waals surface area contributed by atoms with Crippen LogP contribution in [0.25, 0.3) is 5.69 Å². The molecule has 1 aromatic heterocycles. The van der Waals surface area contributed by atoms with Crippen molar-refractivity contribution in [3.63, 3.8) is 0 Å². The van der Waals surface area contributed by atoms with Crippen molar-refractivity contribution in [3.8, 4) is 5.69 Å². The fourth-order valence-electron chi connectivity index (χ4n) is 8.99. The molecule has 1 N–H and O–H groups in total. The quantitative estimate of drug-likeness (QED) is 0.697. The Morgan fingerprint density at radius 2 is 1.52 bits per heavy atom. The minimum absolute atomic E-state index is 0.0462. The zero-order chi connectivity index (χ0) is 18.0. The van der Waals surface area contributed by atoms with E-state index in [4.69, 9.17) is 0 Å². The van der Waals surface area contributed by atoms with Crippen LogP contribution in [0.5, 0.6) is 0 Å². The Bertz CT molecular complexity index is 1110. The molecule has 5 saturated carbocycles. The molecular formula is C20H18BrN3O3. The number of aliphatic hydroxyl groups is 1. The van der Waals surface area contributed by atoms with E-state index in [1.54, 1.807) is 0 Å². The van der Waals surface area contributed by atoms with Crippen molar-refractivity contribution in [2.24, 2.45) is 34.5 Å². The zero-order valence-electron chi connectivity index (χ0n) is 14.4. The second-order valence-corrected chi connectivity index (χ2v) is 10.8. The van der Waals surface area contributed by atoms with Gasteiger partial charge in [0, 0.05) is 15.7 Å². The molecule has 6 nitrogen and oxygen atoms in total. The van der Waals surface area contributed by atoms with E-state index in [2.05, 4.69) is 15.9 Å². The molecular weight excluding hydrogens is 410 g/mol. The number of para-hydroxylation sites is 1. The fraction of sp³-hybridized carbons (Fsp3) is 0.600. The summed E-state index contributed by atoms with van der Waals surface area (Å²) in [5, 5.41) is 10.6. The van der Waals surface area contributed by atoms with Crippen LogP contribution in [0.3, 0.4) is 0 Å². The monoisotopic (exact) mass is 427 g/mol. The van der Waals surface area contributed by atoms with Crippen LogP contribution >= 0.6 is 15.9 Å². The molecule has 0 radical (unpaired) electrons. The number of alkyl halides is 1. The molecule has 2 spiro atoms. The molecule has 0 saturated heterocycles. The summed E-state index contributed by atoms with van der Waals surface area (Å²) < 4.78 is 5.00. The Morgan fingerprint density at radius 3 is 2.15 bits per heavy atom. The molecule has 2 aromatic rings. The number of benzene rings is 1. The Morgan fingerprint density at radius 1 is 0.926 bits per heavy atom. The normalized spacial score (nSPS) is 53.9. The number of nitrogens with zero attached hydrogens (tertiary/aromatic N) is 3. The molecule has 0 amide bonds. The van der Waals surface area contributed by atoms with Crippen molar-refractivity contribution in [1.29, 1.82) is 0 Å². The first-order chi connectivity index (χ1) is 13.1. The third-order valence-corrected chi connectivity index (χ3v) is 10.2. The molecule has 0 unspecified atom stereocenters. The molecule has 2 aliphatic heterocycles. The lowest BCUT2D eigenvalue weighted by Crippen LogP contribution is -2.56. The molecule has 138 valence electrons. The van der Waals surface area contributed by atoms with Gasteiger partial charge >= 0.3 is 11.4 Å². The average molecular weight is 428 g/mol. The van der Waals surface area contributed by atoms with Crippen molar-refractivity contribution in [1.82, 2.24) is 13.9 Å². The van der Waals surface area contributed by atoms with Gasteiger partial charge in [0.05, 0.1) is 23.9 Å². The Balaban J connectivity index is 1.44. The number of hydrogen-bond acceptors (Lipinski definition) is 3. The van der Waals surface area contributed by atoms with Crippen LogP contribution in [0.4, 0.5) is 0 Å². The van der Waals surface area contributed by atoms with Crippen LogP contribution in [0.15, 0.2) is 39.9 Å². The smallest absolute Gasteiger partial charge is 0.352 e. The van der Waals surface area contributed by atoms with Crippen LogP contribution in [-0.2, 0) is 0 Å². The van der Waals surface area contributed by atoms with Crippen LogP contribution in [0, 0.1) is 34.5 Å². The molecule has 10 atom stereocenters. The third kappa shape index (κ3) is 1.10. The van der Waals surface area contributed by atoms with Crippen LogP contribution < -0.4 is 11.4 Å². The van der Waals surface area contributed by atoms with E-state index in [1.165, 1.54) is 4.57 Å². The lowest BCUT2D eigenvalue weighted by molar-refractivity contribution is -0.0543. The van der Waals surface area contributed by atoms with Gasteiger partial charge in [-0.2, -0.15) is 0 Å². The van der Waals surface area contributed by atoms with E-state index in [-0.39, 0.29) is 45.2 Å². The summed E-state index contributed by atoms with van der Waals surface area (Å²) in [7, 11) is 0. The number of halogens is 1. The van der Waals surface area contributed by atoms with E-state index in [9.17, 15) is 14.7 Å². The van der Waals surface area contributed by atoms with Gasteiger partial charge in [0.2, 0.25) is 0 Å². The first kappa shape index (κ1) is 14.4. The maximum absolute atomic E-state index is 13.4. The van der Waals surface area contributed by atoms with Gasteiger partial charge in [0.1, 0.15) is 0 Å². The summed E-state index contributed by atoms with van der Waals surface area (Å²) in [6, 6.07) is 9.50. The van der Waals surface area contributed by atoms with Crippen molar-refractivity contribution in [2.45, 2.75) is 35.9 Å². The Kier molecular flexibility index (Phi) is 2.02. The van der Waals surface area contributed by atoms with Gasteiger partial charge in [-0.25, -0.2) is 23.5 Å². The molecule has 7 heteroatoms. The summed E-state index contributed by atoms with van der Waals surface area (Å²) in [6.07, 6.45) is 1.34. The molecule has 1 aromatic carbocycles. The minimum Gasteiger partial charge on any atom is -0.392 e. The minimum atomic E-state index is -0.356. The highest BCUT2D eigenvalue weighted by Crippen LogP contribution is 3.04. The topological polar surface area (TPSA) is 69.2 Å². The van der Waals surface area contributed by atoms with Gasteiger partial charge in [-0.1, -0.05) is 34.1 Å². The van der Waals surface area contributed by atoms with Crippen LogP contribution in [0.1, 0.15) is 24.9 Å². The lowest BCUT2D eigenvalue weighted by atomic mass is 9.64. The van der Waals surface area contributed by atoms with E-state index in [1.807, 2.05) is 39.7 Å². The second-order valence-electron chi connectivity index (χ2n) is 9.60. The Labute approximate surface area is 162 Å². The molecule has 27 heavy (non-hydrogen) atoms. The average Bonchev–Trinajstić information content (AvgIpc) is 3.40. The van der Waals surface area contributed by atoms with Crippen molar-refractivity contribution in [2.75, 3.05) is 0 Å². The van der Waals surface area contributed by atoms with Gasteiger partial charge in [0.15, 0.2) is 0 Å². The molecule has 2 bridgehead atoms. The standard InChI is InChI=1S/C20H18BrN3O3/c21-9-6-19-14-11-12-13(11)16(20(14,19)7-10(9)25)24-18(27)22(8-4-2-1-3-5-8)17(26)23(24)15(12)19/h1-5,9-16,25H,6-7H2/t9-,10-,11-,12-,13-,14-,15-,16-,19+,20-/m0/s1. The van der Waals surface area contributed by atoms with Gasteiger partial charge in [-0.15, -0.1) is 0 Å². The SMILES string of the molecule is O=c1n(-c2ccccc2)c(=O)n2n1[C@H]1[C@H]3[C@@H]4[C@@H]3[C@H]2[C@]23C[C@H](Br)[C@@H](O)C[C@]12[C@@H]43. The third-order valence-electron chi connectivity index (χ3n) is 9.30. The molecule has 5 aliphatic carbocycles. The Hall–Kier alpha value is -1.60. The summed E-state index contributed by atoms with van der Waals surface area (Å²) in [5.41, 5.74) is 0.431. The highest BCUT2D eigenvalue weighted by Gasteiger charge is 3.03. The lowest BCUT2D eigenvalue weighted by Gasteiger charge is -2.52. The summed E-state index contributed by atoms with van der Waals surface area (Å²) in [6.45, 7) is 0. The maximum Gasteiger partial charge on any atom is 0.352 e. The van der Waals surface area contributed by atoms with Gasteiger partial charge < -0.3 is 5.11 Å². The first-order valence-electron chi connectivity index (χ1n) is 9.89. The van der Waals surface area contributed by atoms with E-state index in [0.717, 1.165) is 12.8 Å². The number of aliphatic hydroxyl groups excluding tert-OH is 1. The molecule has 9 rings (SSSR count). The second kappa shape index (κ2) is 3.79. The molecule has 3 heterocycles. The number of aromatic nitrogens is 3. The predicted molar refractivity (Wildman–Crippen MR) is 99.1 cm³/mol. The van der Waals surface area contributed by atoms with Crippen LogP contribution in [0.2, 0.25) is 0 Å². The first-order valence-corrected chi connectivity index (χ1v) is 10.8. The largest absolute Gasteiger partial charge is 0.392 e. The summed E-state index contributed by atoms with van der Waals surface area (Å²) >= 11 is 3.70. The van der Waals surface area contributed by atoms with Crippen LogP contribution in [-0.4, -0.2) is 30.0 Å². The van der Waals surface area contributed by atoms with E-state index in [0.29, 0.717) is 29.4 Å². The maximum atomic E-state index is 13.4. The fourth-order valence-corrected chi connectivity index (χ4v) is 9.72. The van der Waals surface area contributed by atoms with Crippen molar-refractivity contribution >= 4 is 15.9 Å². The predicted octanol–water partition coefficient (Wildman–Crippen LogP) is 1.31. The molecule has 7 aliphatic rings. The summed E-state index contributed by atoms with van der Waals surface area (Å²) in [4.78, 5) is 26.9. The van der Waals surface area contributed by atoms with Gasteiger partial charge in [0.25, 0.3) is 0 Å². The van der Waals surface area contributed by atoms with E-state index >= 15 is 0 Å². The van der Waals surface area contributed by atoms with Gasteiger partial charge in [-0.3, -0.25) is 0 Å². The highest BCUT2D eigenvalue weighted by molar-refractivity contribution is 9.09. The zero-order valence-corrected chi connectivity index (χ0v) is 16.0. The van der Waals surface area contributed by atoms with Crippen molar-refractivity contribution < 1.29 is 5.11 Å². The van der Waals surface area contributed by atoms with E-state index < -0.39 is 0 Å². The number of hydrogen-bond donors (Lipinski definition) is 1. The number of rotatable bonds is 1. The van der Waals surface area contributed by atoms with Gasteiger partial charge in [-0.05, 0) is 48.6 Å².